The lowest BCUT2D eigenvalue weighted by atomic mass is 10.0. The van der Waals surface area contributed by atoms with Gasteiger partial charge in [0.25, 0.3) is 5.91 Å². The second-order valence-corrected chi connectivity index (χ2v) is 4.52. The Labute approximate surface area is 111 Å². The lowest BCUT2D eigenvalue weighted by molar-refractivity contribution is 0.0689. The van der Waals surface area contributed by atoms with Crippen LogP contribution in [0.2, 0.25) is 0 Å². The van der Waals surface area contributed by atoms with Crippen molar-refractivity contribution in [3.8, 4) is 0 Å². The molecule has 6 nitrogen and oxygen atoms in total. The highest BCUT2D eigenvalue weighted by molar-refractivity contribution is 5.95. The number of methoxy groups -OCH3 is 1. The zero-order valence-electron chi connectivity index (χ0n) is 11.2. The van der Waals surface area contributed by atoms with Crippen LogP contribution in [0.1, 0.15) is 34.7 Å². The van der Waals surface area contributed by atoms with E-state index in [0.717, 1.165) is 0 Å². The molecule has 0 aliphatic carbocycles. The molecule has 19 heavy (non-hydrogen) atoms. The van der Waals surface area contributed by atoms with Gasteiger partial charge in [-0.05, 0) is 18.1 Å². The maximum absolute atomic E-state index is 12.0. The molecule has 0 aromatic carbocycles. The number of rotatable bonds is 6. The van der Waals surface area contributed by atoms with Crippen LogP contribution in [0.25, 0.3) is 0 Å². The molecule has 1 unspecified atom stereocenters. The Morgan fingerprint density at radius 2 is 2.11 bits per heavy atom. The summed E-state index contributed by atoms with van der Waals surface area (Å²) in [5.74, 6) is -1.18. The van der Waals surface area contributed by atoms with Gasteiger partial charge in [-0.1, -0.05) is 13.8 Å². The Hall–Kier alpha value is -1.95. The highest BCUT2D eigenvalue weighted by atomic mass is 16.5. The fraction of sp³-hybridized carbons (Fsp3) is 0.462. The van der Waals surface area contributed by atoms with E-state index in [9.17, 15) is 9.59 Å². The number of hydrogen-bond donors (Lipinski definition) is 2. The molecule has 1 aromatic rings. The van der Waals surface area contributed by atoms with Crippen LogP contribution < -0.4 is 5.32 Å². The van der Waals surface area contributed by atoms with E-state index in [1.165, 1.54) is 18.3 Å². The van der Waals surface area contributed by atoms with E-state index in [2.05, 4.69) is 10.3 Å². The molecule has 0 spiro atoms. The smallest absolute Gasteiger partial charge is 0.354 e. The molecule has 0 radical (unpaired) electrons. The van der Waals surface area contributed by atoms with Crippen molar-refractivity contribution in [1.82, 2.24) is 10.3 Å². The number of carbonyl (C=O) groups excluding carboxylic acids is 1. The van der Waals surface area contributed by atoms with Crippen LogP contribution in [-0.4, -0.2) is 41.7 Å². The first-order chi connectivity index (χ1) is 8.95. The lowest BCUT2D eigenvalue weighted by Crippen LogP contribution is -2.41. The maximum Gasteiger partial charge on any atom is 0.354 e. The molecule has 1 aromatic heterocycles. The molecule has 0 fully saturated rings. The van der Waals surface area contributed by atoms with Gasteiger partial charge in [0.2, 0.25) is 0 Å². The van der Waals surface area contributed by atoms with Crippen molar-refractivity contribution in [3.05, 3.63) is 29.6 Å². The monoisotopic (exact) mass is 266 g/mol. The number of ether oxygens (including phenoxy) is 1. The summed E-state index contributed by atoms with van der Waals surface area (Å²) in [6, 6.07) is 2.64. The van der Waals surface area contributed by atoms with Gasteiger partial charge < -0.3 is 15.2 Å². The van der Waals surface area contributed by atoms with Crippen LogP contribution in [0.3, 0.4) is 0 Å². The number of nitrogens with zero attached hydrogens (tertiary/aromatic N) is 1. The minimum absolute atomic E-state index is 0.0890. The molecule has 6 heteroatoms. The zero-order chi connectivity index (χ0) is 14.4. The second kappa shape index (κ2) is 6.84. The second-order valence-electron chi connectivity index (χ2n) is 4.52. The highest BCUT2D eigenvalue weighted by Gasteiger charge is 2.17. The quantitative estimate of drug-likeness (QED) is 0.807. The first-order valence-electron chi connectivity index (χ1n) is 5.94. The van der Waals surface area contributed by atoms with Crippen LogP contribution >= 0.6 is 0 Å². The largest absolute Gasteiger partial charge is 0.477 e. The molecule has 0 aliphatic heterocycles. The van der Waals surface area contributed by atoms with E-state index in [-0.39, 0.29) is 23.6 Å². The van der Waals surface area contributed by atoms with Crippen molar-refractivity contribution < 1.29 is 19.4 Å². The molecular formula is C13H18N2O4. The Kier molecular flexibility index (Phi) is 5.44. The van der Waals surface area contributed by atoms with E-state index in [1.807, 2.05) is 13.8 Å². The fourth-order valence-corrected chi connectivity index (χ4v) is 1.49. The van der Waals surface area contributed by atoms with Gasteiger partial charge in [-0.25, -0.2) is 9.78 Å². The summed E-state index contributed by atoms with van der Waals surface area (Å²) in [6.07, 6.45) is 1.25. The molecule has 1 atom stereocenters. The number of amides is 1. The van der Waals surface area contributed by atoms with Gasteiger partial charge in [0.1, 0.15) is 5.69 Å². The molecule has 1 heterocycles. The first-order valence-corrected chi connectivity index (χ1v) is 5.94. The third-order valence-corrected chi connectivity index (χ3v) is 2.71. The third kappa shape index (κ3) is 4.33. The van der Waals surface area contributed by atoms with Gasteiger partial charge in [0, 0.05) is 13.3 Å². The number of carboxylic acid groups (broad SMARTS) is 1. The van der Waals surface area contributed by atoms with Crippen LogP contribution in [-0.2, 0) is 4.74 Å². The third-order valence-electron chi connectivity index (χ3n) is 2.71. The summed E-state index contributed by atoms with van der Waals surface area (Å²) in [6.45, 7) is 4.38. The molecule has 2 N–H and O–H groups in total. The van der Waals surface area contributed by atoms with Gasteiger partial charge in [-0.2, -0.15) is 0 Å². The van der Waals surface area contributed by atoms with Crippen molar-refractivity contribution in [1.29, 1.82) is 0 Å². The lowest BCUT2D eigenvalue weighted by Gasteiger charge is -2.21. The van der Waals surface area contributed by atoms with Gasteiger partial charge in [-0.15, -0.1) is 0 Å². The first kappa shape index (κ1) is 15.1. The van der Waals surface area contributed by atoms with Gasteiger partial charge in [-0.3, -0.25) is 4.79 Å². The topological polar surface area (TPSA) is 88.5 Å². The summed E-state index contributed by atoms with van der Waals surface area (Å²) in [5.41, 5.74) is 0.237. The highest BCUT2D eigenvalue weighted by Crippen LogP contribution is 2.05. The molecule has 0 bridgehead atoms. The molecule has 0 saturated heterocycles. The summed E-state index contributed by atoms with van der Waals surface area (Å²) >= 11 is 0. The molecular weight excluding hydrogens is 248 g/mol. The van der Waals surface area contributed by atoms with Crippen molar-refractivity contribution in [2.75, 3.05) is 13.7 Å². The van der Waals surface area contributed by atoms with Crippen molar-refractivity contribution >= 4 is 11.9 Å². The minimum atomic E-state index is -1.12. The van der Waals surface area contributed by atoms with Crippen molar-refractivity contribution in [2.24, 2.45) is 5.92 Å². The zero-order valence-corrected chi connectivity index (χ0v) is 11.2. The van der Waals surface area contributed by atoms with Crippen LogP contribution in [0.15, 0.2) is 18.3 Å². The van der Waals surface area contributed by atoms with E-state index >= 15 is 0 Å². The van der Waals surface area contributed by atoms with Crippen LogP contribution in [0.5, 0.6) is 0 Å². The number of aromatic nitrogens is 1. The van der Waals surface area contributed by atoms with E-state index < -0.39 is 5.97 Å². The summed E-state index contributed by atoms with van der Waals surface area (Å²) < 4.78 is 5.04. The number of pyridine rings is 1. The normalized spacial score (nSPS) is 12.2. The maximum atomic E-state index is 12.0. The standard InChI is InChI=1S/C13H18N2O4/c1-8(2)11(7-19-3)15-12(16)9-4-5-10(13(17)18)14-6-9/h4-6,8,11H,7H2,1-3H3,(H,15,16)(H,17,18). The predicted molar refractivity (Wildman–Crippen MR) is 69.2 cm³/mol. The number of carbonyl (C=O) groups is 2. The number of hydrogen-bond acceptors (Lipinski definition) is 4. The Morgan fingerprint density at radius 3 is 2.53 bits per heavy atom. The molecule has 0 aliphatic rings. The average molecular weight is 266 g/mol. The van der Waals surface area contributed by atoms with E-state index in [4.69, 9.17) is 9.84 Å². The Morgan fingerprint density at radius 1 is 1.42 bits per heavy atom. The molecule has 104 valence electrons. The van der Waals surface area contributed by atoms with Gasteiger partial charge in [0.05, 0.1) is 18.2 Å². The molecule has 1 rings (SSSR count). The van der Waals surface area contributed by atoms with Gasteiger partial charge in [0.15, 0.2) is 0 Å². The predicted octanol–water partition coefficient (Wildman–Crippen LogP) is 1.18. The summed E-state index contributed by atoms with van der Waals surface area (Å²) in [7, 11) is 1.57. The number of carboxylic acids is 1. The average Bonchev–Trinajstić information content (AvgIpc) is 2.38. The Bertz CT molecular complexity index is 442. The Balaban J connectivity index is 2.74. The van der Waals surface area contributed by atoms with Crippen molar-refractivity contribution in [2.45, 2.75) is 19.9 Å². The fourth-order valence-electron chi connectivity index (χ4n) is 1.49. The van der Waals surface area contributed by atoms with Crippen LogP contribution in [0.4, 0.5) is 0 Å². The summed E-state index contributed by atoms with van der Waals surface area (Å²) in [5, 5.41) is 11.6. The molecule has 0 saturated carbocycles. The minimum Gasteiger partial charge on any atom is -0.477 e. The van der Waals surface area contributed by atoms with Crippen molar-refractivity contribution in [3.63, 3.8) is 0 Å². The number of aromatic carboxylic acids is 1. The van der Waals surface area contributed by atoms with E-state index in [0.29, 0.717) is 12.2 Å². The summed E-state index contributed by atoms with van der Waals surface area (Å²) in [4.78, 5) is 26.3. The molecule has 1 amide bonds. The van der Waals surface area contributed by atoms with Crippen LogP contribution in [0, 0.1) is 5.92 Å². The van der Waals surface area contributed by atoms with Gasteiger partial charge >= 0.3 is 5.97 Å². The SMILES string of the molecule is COCC(NC(=O)c1ccc(C(=O)O)nc1)C(C)C. The van der Waals surface area contributed by atoms with E-state index in [1.54, 1.807) is 7.11 Å². The number of nitrogens with one attached hydrogen (secondary N) is 1.